The Morgan fingerprint density at radius 3 is 2.50 bits per heavy atom. The molecule has 156 valence electrons. The van der Waals surface area contributed by atoms with E-state index in [0.717, 1.165) is 45.1 Å². The predicted octanol–water partition coefficient (Wildman–Crippen LogP) is 5.12. The quantitative estimate of drug-likeness (QED) is 0.495. The molecule has 28 heavy (non-hydrogen) atoms. The van der Waals surface area contributed by atoms with E-state index < -0.39 is 0 Å². The van der Waals surface area contributed by atoms with Crippen molar-refractivity contribution in [2.45, 2.75) is 84.6 Å². The molecule has 0 fully saturated rings. The molecule has 2 amide bonds. The summed E-state index contributed by atoms with van der Waals surface area (Å²) in [5, 5.41) is 0. The number of unbranched alkanes of at least 4 members (excludes halogenated alkanes) is 5. The maximum atomic E-state index is 13.1. The van der Waals surface area contributed by atoms with E-state index in [9.17, 15) is 9.59 Å². The van der Waals surface area contributed by atoms with Gasteiger partial charge in [-0.3, -0.25) is 9.59 Å². The van der Waals surface area contributed by atoms with Crippen LogP contribution in [0, 0.1) is 0 Å². The third-order valence-electron chi connectivity index (χ3n) is 5.87. The number of nitrogens with zero attached hydrogens (tertiary/aromatic N) is 2. The monoisotopic (exact) mass is 386 g/mol. The second-order valence-corrected chi connectivity index (χ2v) is 8.04. The molecule has 4 nitrogen and oxygen atoms in total. The smallest absolute Gasteiger partial charge is 0.242 e. The molecule has 0 bridgehead atoms. The van der Waals surface area contributed by atoms with Gasteiger partial charge in [-0.15, -0.1) is 0 Å². The summed E-state index contributed by atoms with van der Waals surface area (Å²) in [6.07, 6.45) is 9.02. The molecule has 0 saturated carbocycles. The van der Waals surface area contributed by atoms with Crippen molar-refractivity contribution in [3.05, 3.63) is 35.4 Å². The Labute approximate surface area is 171 Å². The molecule has 0 saturated heterocycles. The molecule has 0 N–H and O–H groups in total. The molecule has 0 aliphatic carbocycles. The summed E-state index contributed by atoms with van der Waals surface area (Å²) in [5.41, 5.74) is 2.58. The van der Waals surface area contributed by atoms with E-state index >= 15 is 0 Å². The molecular formula is C24H38N2O2. The Morgan fingerprint density at radius 2 is 1.75 bits per heavy atom. The van der Waals surface area contributed by atoms with Crippen LogP contribution in [0.4, 0.5) is 0 Å². The Hall–Kier alpha value is -1.84. The van der Waals surface area contributed by atoms with Gasteiger partial charge in [-0.05, 0) is 37.3 Å². The number of carbonyl (C=O) groups excluding carboxylic acids is 2. The number of rotatable bonds is 11. The van der Waals surface area contributed by atoms with Crippen LogP contribution in [0.3, 0.4) is 0 Å². The number of benzene rings is 1. The SMILES string of the molecule is CCCCCCC(=O)N(CCCCC)CC(=O)N1CCc2ccccc2C1C. The zero-order chi connectivity index (χ0) is 20.4. The van der Waals surface area contributed by atoms with E-state index in [4.69, 9.17) is 0 Å². The number of amides is 2. The van der Waals surface area contributed by atoms with Gasteiger partial charge in [-0.25, -0.2) is 0 Å². The molecule has 1 heterocycles. The molecule has 1 aromatic rings. The Morgan fingerprint density at radius 1 is 1.04 bits per heavy atom. The van der Waals surface area contributed by atoms with Gasteiger partial charge >= 0.3 is 0 Å². The maximum Gasteiger partial charge on any atom is 0.242 e. The van der Waals surface area contributed by atoms with Crippen LogP contribution in [0.1, 0.15) is 89.3 Å². The lowest BCUT2D eigenvalue weighted by Crippen LogP contribution is -2.46. The van der Waals surface area contributed by atoms with Crippen molar-refractivity contribution in [2.75, 3.05) is 19.6 Å². The topological polar surface area (TPSA) is 40.6 Å². The van der Waals surface area contributed by atoms with Gasteiger partial charge in [0.25, 0.3) is 0 Å². The second kappa shape index (κ2) is 11.9. The molecule has 1 aliphatic rings. The molecule has 4 heteroatoms. The third-order valence-corrected chi connectivity index (χ3v) is 5.87. The van der Waals surface area contributed by atoms with Gasteiger partial charge in [0.2, 0.25) is 11.8 Å². The van der Waals surface area contributed by atoms with Crippen LogP contribution < -0.4 is 0 Å². The zero-order valence-corrected chi connectivity index (χ0v) is 18.1. The summed E-state index contributed by atoms with van der Waals surface area (Å²) in [6, 6.07) is 8.47. The number of fused-ring (bicyclic) bond motifs is 1. The first-order chi connectivity index (χ1) is 13.6. The van der Waals surface area contributed by atoms with Crippen LogP contribution in [0.15, 0.2) is 24.3 Å². The molecule has 1 unspecified atom stereocenters. The summed E-state index contributed by atoms with van der Waals surface area (Å²) in [5.74, 6) is 0.228. The molecule has 2 rings (SSSR count). The van der Waals surface area contributed by atoms with Gasteiger partial charge in [0.15, 0.2) is 0 Å². The summed E-state index contributed by atoms with van der Waals surface area (Å²) in [6.45, 7) is 8.10. The fourth-order valence-corrected chi connectivity index (χ4v) is 4.07. The van der Waals surface area contributed by atoms with Crippen molar-refractivity contribution in [3.63, 3.8) is 0 Å². The molecule has 0 radical (unpaired) electrons. The van der Waals surface area contributed by atoms with Gasteiger partial charge < -0.3 is 9.80 Å². The van der Waals surface area contributed by atoms with Crippen molar-refractivity contribution < 1.29 is 9.59 Å². The molecule has 1 aromatic carbocycles. The average Bonchev–Trinajstić information content (AvgIpc) is 2.70. The van der Waals surface area contributed by atoms with E-state index in [1.807, 2.05) is 15.9 Å². The van der Waals surface area contributed by atoms with Gasteiger partial charge in [-0.1, -0.05) is 70.2 Å². The molecule has 0 aromatic heterocycles. The lowest BCUT2D eigenvalue weighted by atomic mass is 9.93. The Bertz CT molecular complexity index is 629. The van der Waals surface area contributed by atoms with Crippen LogP contribution in [0.25, 0.3) is 0 Å². The van der Waals surface area contributed by atoms with Crippen molar-refractivity contribution in [1.29, 1.82) is 0 Å². The molecule has 0 spiro atoms. The summed E-state index contributed by atoms with van der Waals surface area (Å²) in [7, 11) is 0. The van der Waals surface area contributed by atoms with E-state index in [-0.39, 0.29) is 24.4 Å². The molecular weight excluding hydrogens is 348 g/mol. The third kappa shape index (κ3) is 6.35. The van der Waals surface area contributed by atoms with E-state index in [1.54, 1.807) is 0 Å². The minimum absolute atomic E-state index is 0.0783. The lowest BCUT2D eigenvalue weighted by Gasteiger charge is -2.36. The van der Waals surface area contributed by atoms with Crippen LogP contribution in [0.5, 0.6) is 0 Å². The van der Waals surface area contributed by atoms with Crippen molar-refractivity contribution >= 4 is 11.8 Å². The first kappa shape index (κ1) is 22.4. The van der Waals surface area contributed by atoms with Crippen LogP contribution in [-0.4, -0.2) is 41.2 Å². The van der Waals surface area contributed by atoms with Gasteiger partial charge in [0.1, 0.15) is 0 Å². The van der Waals surface area contributed by atoms with Gasteiger partial charge in [-0.2, -0.15) is 0 Å². The number of carbonyl (C=O) groups is 2. The summed E-state index contributed by atoms with van der Waals surface area (Å²) < 4.78 is 0. The standard InChI is InChI=1S/C24H38N2O2/c1-4-6-8-9-15-23(27)25(17-12-7-5-2)19-24(28)26-18-16-21-13-10-11-14-22(21)20(26)3/h10-11,13-14,20H,4-9,12,15-19H2,1-3H3. The van der Waals surface area contributed by atoms with Gasteiger partial charge in [0, 0.05) is 19.5 Å². The van der Waals surface area contributed by atoms with E-state index in [2.05, 4.69) is 39.0 Å². The Kier molecular flexibility index (Phi) is 9.52. The molecule has 1 atom stereocenters. The summed E-state index contributed by atoms with van der Waals surface area (Å²) >= 11 is 0. The minimum atomic E-state index is 0.0783. The highest BCUT2D eigenvalue weighted by atomic mass is 16.2. The fourth-order valence-electron chi connectivity index (χ4n) is 4.07. The highest BCUT2D eigenvalue weighted by Gasteiger charge is 2.29. The average molecular weight is 387 g/mol. The van der Waals surface area contributed by atoms with Crippen molar-refractivity contribution in [2.24, 2.45) is 0 Å². The predicted molar refractivity (Wildman–Crippen MR) is 115 cm³/mol. The van der Waals surface area contributed by atoms with E-state index in [0.29, 0.717) is 13.0 Å². The lowest BCUT2D eigenvalue weighted by molar-refractivity contribution is -0.142. The first-order valence-corrected chi connectivity index (χ1v) is 11.2. The largest absolute Gasteiger partial charge is 0.334 e. The number of hydrogen-bond donors (Lipinski definition) is 0. The van der Waals surface area contributed by atoms with Crippen LogP contribution >= 0.6 is 0 Å². The van der Waals surface area contributed by atoms with Gasteiger partial charge in [0.05, 0.1) is 12.6 Å². The minimum Gasteiger partial charge on any atom is -0.334 e. The number of hydrogen-bond acceptors (Lipinski definition) is 2. The second-order valence-electron chi connectivity index (χ2n) is 8.04. The normalized spacial score (nSPS) is 16.0. The van der Waals surface area contributed by atoms with Crippen LogP contribution in [-0.2, 0) is 16.0 Å². The van der Waals surface area contributed by atoms with Crippen molar-refractivity contribution in [1.82, 2.24) is 9.80 Å². The van der Waals surface area contributed by atoms with E-state index in [1.165, 1.54) is 24.0 Å². The maximum absolute atomic E-state index is 13.1. The highest BCUT2D eigenvalue weighted by molar-refractivity contribution is 5.85. The summed E-state index contributed by atoms with van der Waals surface area (Å²) in [4.78, 5) is 29.6. The Balaban J connectivity index is 1.97. The fraction of sp³-hybridized carbons (Fsp3) is 0.667. The van der Waals surface area contributed by atoms with Crippen LogP contribution in [0.2, 0.25) is 0 Å². The zero-order valence-electron chi connectivity index (χ0n) is 18.1. The first-order valence-electron chi connectivity index (χ1n) is 11.2. The van der Waals surface area contributed by atoms with Crippen molar-refractivity contribution in [3.8, 4) is 0 Å². The molecule has 1 aliphatic heterocycles. The highest BCUT2D eigenvalue weighted by Crippen LogP contribution is 2.29.